The predicted octanol–water partition coefficient (Wildman–Crippen LogP) is 2.27. The molecule has 6 heteroatoms. The highest BCUT2D eigenvalue weighted by molar-refractivity contribution is 7.89. The zero-order chi connectivity index (χ0) is 13.2. The van der Waals surface area contributed by atoms with Crippen LogP contribution in [0.4, 0.5) is 0 Å². The SMILES string of the molecule is C=C(Cl)CNS(=O)(=O)c1cccc2cnccc12. The number of nitrogens with zero attached hydrogens (tertiary/aromatic N) is 1. The molecule has 0 aliphatic carbocycles. The Morgan fingerprint density at radius 2 is 2.17 bits per heavy atom. The average Bonchev–Trinajstić information content (AvgIpc) is 2.36. The minimum atomic E-state index is -3.60. The van der Waals surface area contributed by atoms with Crippen molar-refractivity contribution in [2.75, 3.05) is 6.54 Å². The van der Waals surface area contributed by atoms with E-state index < -0.39 is 10.0 Å². The fourth-order valence-corrected chi connectivity index (χ4v) is 2.98. The quantitative estimate of drug-likeness (QED) is 0.936. The molecule has 0 saturated carbocycles. The van der Waals surface area contributed by atoms with Crippen LogP contribution in [0.15, 0.2) is 53.2 Å². The number of hydrogen-bond donors (Lipinski definition) is 1. The van der Waals surface area contributed by atoms with Crippen LogP contribution < -0.4 is 4.72 Å². The molecule has 2 aromatic rings. The number of benzene rings is 1. The maximum absolute atomic E-state index is 12.1. The summed E-state index contributed by atoms with van der Waals surface area (Å²) >= 11 is 5.56. The summed E-state index contributed by atoms with van der Waals surface area (Å²) in [7, 11) is -3.60. The minimum absolute atomic E-state index is 0.00532. The molecule has 1 heterocycles. The Bertz CT molecular complexity index is 693. The van der Waals surface area contributed by atoms with E-state index >= 15 is 0 Å². The van der Waals surface area contributed by atoms with Gasteiger partial charge in [-0.25, -0.2) is 13.1 Å². The van der Waals surface area contributed by atoms with Crippen LogP contribution in [0.25, 0.3) is 10.8 Å². The van der Waals surface area contributed by atoms with Gasteiger partial charge in [0.15, 0.2) is 0 Å². The van der Waals surface area contributed by atoms with E-state index in [2.05, 4.69) is 16.3 Å². The zero-order valence-corrected chi connectivity index (χ0v) is 11.0. The van der Waals surface area contributed by atoms with Gasteiger partial charge in [-0.3, -0.25) is 4.98 Å². The molecule has 1 N–H and O–H groups in total. The third-order valence-electron chi connectivity index (χ3n) is 2.38. The molecule has 4 nitrogen and oxygen atoms in total. The van der Waals surface area contributed by atoms with Crippen LogP contribution in [-0.4, -0.2) is 19.9 Å². The van der Waals surface area contributed by atoms with Crippen LogP contribution in [0, 0.1) is 0 Å². The molecule has 94 valence electrons. The van der Waals surface area contributed by atoms with Gasteiger partial charge in [-0.2, -0.15) is 0 Å². The first-order valence-corrected chi connectivity index (χ1v) is 7.02. The van der Waals surface area contributed by atoms with Crippen LogP contribution in [0.3, 0.4) is 0 Å². The number of hydrogen-bond acceptors (Lipinski definition) is 3. The standard InChI is InChI=1S/C12H11ClN2O2S/c1-9(13)7-15-18(16,17)12-4-2-3-10-8-14-6-5-11(10)12/h2-6,8,15H,1,7H2. The van der Waals surface area contributed by atoms with E-state index in [0.717, 1.165) is 5.39 Å². The van der Waals surface area contributed by atoms with Crippen molar-refractivity contribution in [3.63, 3.8) is 0 Å². The van der Waals surface area contributed by atoms with Gasteiger partial charge in [0, 0.05) is 34.7 Å². The minimum Gasteiger partial charge on any atom is -0.264 e. The number of halogens is 1. The van der Waals surface area contributed by atoms with Gasteiger partial charge in [0.1, 0.15) is 0 Å². The normalized spacial score (nSPS) is 11.6. The molecule has 0 amide bonds. The first kappa shape index (κ1) is 13.0. The van der Waals surface area contributed by atoms with Crippen molar-refractivity contribution < 1.29 is 8.42 Å². The molecule has 1 aromatic heterocycles. The fraction of sp³-hybridized carbons (Fsp3) is 0.0833. The smallest absolute Gasteiger partial charge is 0.241 e. The maximum atomic E-state index is 12.1. The molecule has 0 aliphatic heterocycles. The van der Waals surface area contributed by atoms with Crippen LogP contribution in [0.2, 0.25) is 0 Å². The highest BCUT2D eigenvalue weighted by Crippen LogP contribution is 2.21. The Morgan fingerprint density at radius 1 is 1.39 bits per heavy atom. The number of fused-ring (bicyclic) bond motifs is 1. The first-order valence-electron chi connectivity index (χ1n) is 5.16. The lowest BCUT2D eigenvalue weighted by atomic mass is 10.2. The lowest BCUT2D eigenvalue weighted by Gasteiger charge is -2.08. The van der Waals surface area contributed by atoms with Gasteiger partial charge >= 0.3 is 0 Å². The van der Waals surface area contributed by atoms with E-state index in [4.69, 9.17) is 11.6 Å². The largest absolute Gasteiger partial charge is 0.264 e. The Hall–Kier alpha value is -1.43. The second kappa shape index (κ2) is 5.06. The van der Waals surface area contributed by atoms with Crippen LogP contribution in [0.5, 0.6) is 0 Å². The van der Waals surface area contributed by atoms with E-state index in [0.29, 0.717) is 5.39 Å². The molecule has 1 aromatic carbocycles. The van der Waals surface area contributed by atoms with Gasteiger partial charge in [0.25, 0.3) is 0 Å². The van der Waals surface area contributed by atoms with Crippen molar-refractivity contribution in [3.05, 3.63) is 48.3 Å². The van der Waals surface area contributed by atoms with Crippen LogP contribution >= 0.6 is 11.6 Å². The summed E-state index contributed by atoms with van der Waals surface area (Å²) in [5, 5.41) is 1.63. The molecule has 0 atom stereocenters. The number of nitrogens with one attached hydrogen (secondary N) is 1. The van der Waals surface area contributed by atoms with E-state index in [1.54, 1.807) is 30.6 Å². The Morgan fingerprint density at radius 3 is 2.89 bits per heavy atom. The molecule has 0 bridgehead atoms. The van der Waals surface area contributed by atoms with Gasteiger partial charge in [0.05, 0.1) is 4.90 Å². The number of rotatable bonds is 4. The molecule has 0 unspecified atom stereocenters. The number of pyridine rings is 1. The third-order valence-corrected chi connectivity index (χ3v) is 3.98. The molecular formula is C12H11ClN2O2S. The summed E-state index contributed by atoms with van der Waals surface area (Å²) in [6.07, 6.45) is 3.18. The number of sulfonamides is 1. The van der Waals surface area contributed by atoms with E-state index in [1.807, 2.05) is 6.07 Å². The van der Waals surface area contributed by atoms with Crippen molar-refractivity contribution in [2.45, 2.75) is 4.90 Å². The van der Waals surface area contributed by atoms with E-state index in [-0.39, 0.29) is 16.5 Å². The Labute approximate surface area is 110 Å². The summed E-state index contributed by atoms with van der Waals surface area (Å²) in [6, 6.07) is 6.69. The topological polar surface area (TPSA) is 59.1 Å². The van der Waals surface area contributed by atoms with Crippen molar-refractivity contribution in [1.29, 1.82) is 0 Å². The molecule has 0 saturated heterocycles. The van der Waals surface area contributed by atoms with E-state index in [9.17, 15) is 8.42 Å². The summed E-state index contributed by atoms with van der Waals surface area (Å²) in [6.45, 7) is 3.45. The monoisotopic (exact) mass is 282 g/mol. The highest BCUT2D eigenvalue weighted by atomic mass is 35.5. The van der Waals surface area contributed by atoms with Gasteiger partial charge < -0.3 is 0 Å². The fourth-order valence-electron chi connectivity index (χ4n) is 1.58. The molecule has 2 rings (SSSR count). The Kier molecular flexibility index (Phi) is 3.65. The lowest BCUT2D eigenvalue weighted by molar-refractivity contribution is 0.586. The van der Waals surface area contributed by atoms with Gasteiger partial charge in [-0.15, -0.1) is 0 Å². The van der Waals surface area contributed by atoms with Gasteiger partial charge in [-0.05, 0) is 12.1 Å². The van der Waals surface area contributed by atoms with Crippen molar-refractivity contribution in [3.8, 4) is 0 Å². The summed E-state index contributed by atoms with van der Waals surface area (Å²) < 4.78 is 26.6. The van der Waals surface area contributed by atoms with Gasteiger partial charge in [0.2, 0.25) is 10.0 Å². The molecule has 0 fully saturated rings. The second-order valence-electron chi connectivity index (χ2n) is 3.69. The van der Waals surface area contributed by atoms with Gasteiger partial charge in [-0.1, -0.05) is 30.3 Å². The molecule has 0 aliphatic rings. The summed E-state index contributed by atoms with van der Waals surface area (Å²) in [5.41, 5.74) is 0. The number of aromatic nitrogens is 1. The van der Waals surface area contributed by atoms with Crippen LogP contribution in [-0.2, 0) is 10.0 Å². The highest BCUT2D eigenvalue weighted by Gasteiger charge is 2.16. The molecule has 18 heavy (non-hydrogen) atoms. The third kappa shape index (κ3) is 2.69. The van der Waals surface area contributed by atoms with E-state index in [1.165, 1.54) is 0 Å². The lowest BCUT2D eigenvalue weighted by Crippen LogP contribution is -2.25. The Balaban J connectivity index is 2.50. The van der Waals surface area contributed by atoms with Crippen molar-refractivity contribution >= 4 is 32.4 Å². The van der Waals surface area contributed by atoms with Crippen molar-refractivity contribution in [2.24, 2.45) is 0 Å². The first-order chi connectivity index (χ1) is 8.50. The molecule has 0 spiro atoms. The maximum Gasteiger partial charge on any atom is 0.241 e. The predicted molar refractivity (Wildman–Crippen MR) is 71.9 cm³/mol. The molecular weight excluding hydrogens is 272 g/mol. The summed E-state index contributed by atoms with van der Waals surface area (Å²) in [4.78, 5) is 4.17. The van der Waals surface area contributed by atoms with Crippen LogP contribution in [0.1, 0.15) is 0 Å². The summed E-state index contributed by atoms with van der Waals surface area (Å²) in [5.74, 6) is 0. The molecule has 0 radical (unpaired) electrons. The average molecular weight is 283 g/mol. The second-order valence-corrected chi connectivity index (χ2v) is 5.96. The zero-order valence-electron chi connectivity index (χ0n) is 9.43. The van der Waals surface area contributed by atoms with Crippen molar-refractivity contribution in [1.82, 2.24) is 9.71 Å².